The van der Waals surface area contributed by atoms with Gasteiger partial charge in [0.05, 0.1) is 0 Å². The Kier molecular flexibility index (Phi) is 335. The van der Waals surface area contributed by atoms with Crippen molar-refractivity contribution in [3.8, 4) is 0 Å². The fourth-order valence-electron chi connectivity index (χ4n) is 0. The van der Waals surface area contributed by atoms with E-state index in [1.54, 1.807) is 0 Å². The van der Waals surface area contributed by atoms with Crippen LogP contribution in [0.1, 0.15) is 0 Å². The topological polar surface area (TPSA) is 86.1 Å². The van der Waals surface area contributed by atoms with Crippen LogP contribution in [-0.2, 0) is 0 Å². The van der Waals surface area contributed by atoms with Gasteiger partial charge in [0.2, 0.25) is 0 Å². The summed E-state index contributed by atoms with van der Waals surface area (Å²) in [6.07, 6.45) is 0. The van der Waals surface area contributed by atoms with Gasteiger partial charge in [-0.3, -0.25) is 0 Å². The number of halogens is 1. The van der Waals surface area contributed by atoms with E-state index in [9.17, 15) is 0 Å². The maximum Gasteiger partial charge on any atom is 2.00 e. The van der Waals surface area contributed by atoms with Gasteiger partial charge in [0, 0.05) is 0 Å². The molecule has 0 radical (unpaired) electrons. The molecule has 5 heteroatoms. The van der Waals surface area contributed by atoms with E-state index in [1.165, 1.54) is 0 Å². The summed E-state index contributed by atoms with van der Waals surface area (Å²) in [6, 6.07) is 0. The van der Waals surface area contributed by atoms with E-state index in [4.69, 9.17) is 4.66 Å². The number of hydrogen-bond acceptors (Lipinski definition) is 1. The largest absolute Gasteiger partial charge is 2.00 e. The first-order chi connectivity index (χ1) is 1.00. The average Bonchev–Trinajstić information content (AvgIpc) is 1.00. The maximum atomic E-state index is 7.72. The molecular formula is H4CaClO3+. The molecular weight excluding hydrogens is 124 g/mol. The van der Waals surface area contributed by atoms with Crippen molar-refractivity contribution in [2.24, 2.45) is 0 Å². The molecule has 0 aromatic carbocycles. The first kappa shape index (κ1) is 32.1. The van der Waals surface area contributed by atoms with E-state index in [1.807, 2.05) is 0 Å². The van der Waals surface area contributed by atoms with Crippen LogP contribution in [0.4, 0.5) is 0 Å². The molecule has 0 fully saturated rings. The van der Waals surface area contributed by atoms with Crippen molar-refractivity contribution in [2.45, 2.75) is 0 Å². The molecule has 0 aromatic rings. The van der Waals surface area contributed by atoms with Crippen molar-refractivity contribution in [2.75, 3.05) is 0 Å². The first-order valence-electron chi connectivity index (χ1n) is 0.154. The molecule has 0 heterocycles. The third-order valence-corrected chi connectivity index (χ3v) is 0. The summed E-state index contributed by atoms with van der Waals surface area (Å²) in [6.45, 7) is 0. The second-order valence-electron chi connectivity index (χ2n) is 0. The molecule has 0 aromatic heterocycles. The fourth-order valence-corrected chi connectivity index (χ4v) is 0. The third-order valence-electron chi connectivity index (χ3n) is 0. The maximum absolute atomic E-state index is 7.72. The Morgan fingerprint density at radius 3 is 1.00 bits per heavy atom. The van der Waals surface area contributed by atoms with Gasteiger partial charge in [0.25, 0.3) is 0 Å². The van der Waals surface area contributed by atoms with Crippen LogP contribution in [0.3, 0.4) is 0 Å². The Balaban J connectivity index is -0.00000000167. The van der Waals surface area contributed by atoms with Crippen LogP contribution in [0.2, 0.25) is 0 Å². The summed E-state index contributed by atoms with van der Waals surface area (Å²) in [5.74, 6) is 0. The van der Waals surface area contributed by atoms with Gasteiger partial charge in [0.1, 0.15) is 0 Å². The van der Waals surface area contributed by atoms with Gasteiger partial charge in [-0.05, 0) is 0 Å². The van der Waals surface area contributed by atoms with Gasteiger partial charge in [-0.1, -0.05) is 0 Å². The quantitative estimate of drug-likeness (QED) is 0.330. The average molecular weight is 128 g/mol. The molecule has 0 rings (SSSR count). The number of rotatable bonds is 0. The van der Waals surface area contributed by atoms with Crippen LogP contribution >= 0.6 is 11.9 Å². The second kappa shape index (κ2) is 52.1. The Morgan fingerprint density at radius 2 is 1.00 bits per heavy atom. The normalized spacial score (nSPS) is 1.20. The van der Waals surface area contributed by atoms with Gasteiger partial charge in [-0.25, -0.2) is 11.9 Å². The minimum atomic E-state index is 0. The van der Waals surface area contributed by atoms with E-state index < -0.39 is 0 Å². The smallest absolute Gasteiger partial charge is 0.769 e. The summed E-state index contributed by atoms with van der Waals surface area (Å²) in [5.41, 5.74) is 0. The zero-order valence-corrected chi connectivity index (χ0v) is 5.46. The van der Waals surface area contributed by atoms with Crippen LogP contribution in [0.25, 0.3) is 0 Å². The van der Waals surface area contributed by atoms with Crippen LogP contribution in [-0.4, -0.2) is 48.7 Å². The standard InChI is InChI=1S/Ca.ClO.2H2O/c;1-2;;/h;;2*1H2/q+2;-1;;. The molecule has 0 spiro atoms. The van der Waals surface area contributed by atoms with Crippen molar-refractivity contribution in [1.82, 2.24) is 0 Å². The van der Waals surface area contributed by atoms with Crippen LogP contribution in [0.5, 0.6) is 0 Å². The fraction of sp³-hybridized carbons (Fsp3) is 0. The molecule has 4 N–H and O–H groups in total. The Hall–Kier alpha value is 1.43. The third kappa shape index (κ3) is 31.2. The molecule has 0 amide bonds. The van der Waals surface area contributed by atoms with Crippen LogP contribution in [0, 0.1) is 0 Å². The van der Waals surface area contributed by atoms with E-state index in [0.29, 0.717) is 0 Å². The summed E-state index contributed by atoms with van der Waals surface area (Å²) in [5, 5.41) is 0. The summed E-state index contributed by atoms with van der Waals surface area (Å²) in [4.78, 5) is 0. The van der Waals surface area contributed by atoms with Gasteiger partial charge in [0.15, 0.2) is 0 Å². The van der Waals surface area contributed by atoms with Crippen molar-refractivity contribution < 1.29 is 15.6 Å². The minimum Gasteiger partial charge on any atom is -0.769 e. The van der Waals surface area contributed by atoms with E-state index in [2.05, 4.69) is 11.9 Å². The van der Waals surface area contributed by atoms with Gasteiger partial charge in [-0.15, -0.1) is 0 Å². The molecule has 0 atom stereocenters. The molecule has 0 aliphatic carbocycles. The van der Waals surface area contributed by atoms with Crippen LogP contribution < -0.4 is 4.66 Å². The van der Waals surface area contributed by atoms with Gasteiger partial charge in [-0.2, -0.15) is 0 Å². The minimum absolute atomic E-state index is 0. The Morgan fingerprint density at radius 1 is 1.00 bits per heavy atom. The molecule has 30 valence electrons. The molecule has 5 heavy (non-hydrogen) atoms. The van der Waals surface area contributed by atoms with Crippen molar-refractivity contribution in [1.29, 1.82) is 0 Å². The summed E-state index contributed by atoms with van der Waals surface area (Å²) < 4.78 is 7.72. The van der Waals surface area contributed by atoms with Crippen LogP contribution in [0.15, 0.2) is 0 Å². The number of hydrogen-bond donors (Lipinski definition) is 0. The molecule has 0 unspecified atom stereocenters. The Labute approximate surface area is 64.7 Å². The monoisotopic (exact) mass is 127 g/mol. The van der Waals surface area contributed by atoms with E-state index >= 15 is 0 Å². The predicted octanol–water partition coefficient (Wildman–Crippen LogP) is -2.53. The molecule has 3 nitrogen and oxygen atoms in total. The van der Waals surface area contributed by atoms with Gasteiger partial charge < -0.3 is 15.6 Å². The molecule has 0 bridgehead atoms. The second-order valence-corrected chi connectivity index (χ2v) is 0. The van der Waals surface area contributed by atoms with Gasteiger partial charge >= 0.3 is 37.7 Å². The predicted molar refractivity (Wildman–Crippen MR) is 18.8 cm³/mol. The molecule has 0 saturated heterocycles. The zero-order chi connectivity index (χ0) is 2.00. The van der Waals surface area contributed by atoms with E-state index in [-0.39, 0.29) is 48.7 Å². The molecule has 0 aliphatic heterocycles. The SMILES string of the molecule is O.O.[Ca+2].[O-]Cl. The summed E-state index contributed by atoms with van der Waals surface area (Å²) >= 11 is 3.39. The first-order valence-corrected chi connectivity index (χ1v) is 0.463. The molecule has 0 saturated carbocycles. The molecule has 0 aliphatic rings. The van der Waals surface area contributed by atoms with Crippen molar-refractivity contribution >= 4 is 49.6 Å². The zero-order valence-electron chi connectivity index (χ0n) is 2.49. The van der Waals surface area contributed by atoms with E-state index in [0.717, 1.165) is 0 Å². The summed E-state index contributed by atoms with van der Waals surface area (Å²) in [7, 11) is 0. The van der Waals surface area contributed by atoms with Crippen molar-refractivity contribution in [3.05, 3.63) is 0 Å². The Bertz CT molecular complexity index is 6.85. The van der Waals surface area contributed by atoms with Crippen molar-refractivity contribution in [3.63, 3.8) is 0 Å².